The largest absolute Gasteiger partial charge is 0.397 e. The number of aromatic nitrogens is 1. The van der Waals surface area contributed by atoms with Gasteiger partial charge in [0.25, 0.3) is 0 Å². The molecule has 1 aromatic heterocycles. The van der Waals surface area contributed by atoms with E-state index >= 15 is 0 Å². The third kappa shape index (κ3) is 2.20. The van der Waals surface area contributed by atoms with Gasteiger partial charge in [0, 0.05) is 37.5 Å². The lowest BCUT2D eigenvalue weighted by Crippen LogP contribution is -2.47. The average molecular weight is 271 g/mol. The van der Waals surface area contributed by atoms with Gasteiger partial charge in [-0.3, -0.25) is 4.98 Å². The molecular weight excluding hydrogens is 250 g/mol. The lowest BCUT2D eigenvalue weighted by atomic mass is 9.94. The van der Waals surface area contributed by atoms with Crippen LogP contribution in [0, 0.1) is 0 Å². The summed E-state index contributed by atoms with van der Waals surface area (Å²) in [6.45, 7) is 4.13. The van der Waals surface area contributed by atoms with Crippen molar-refractivity contribution in [2.45, 2.75) is 25.4 Å². The Morgan fingerprint density at radius 2 is 2.20 bits per heavy atom. The Bertz CT molecular complexity index is 628. The van der Waals surface area contributed by atoms with Crippen molar-refractivity contribution in [3.05, 3.63) is 30.5 Å². The molecule has 0 bridgehead atoms. The Morgan fingerprint density at radius 3 is 3.00 bits per heavy atom. The fraction of sp³-hybridized carbons (Fsp3) is 0.438. The molecule has 0 aliphatic carbocycles. The molecule has 4 heteroatoms. The zero-order valence-electron chi connectivity index (χ0n) is 12.1. The SMILES string of the molecule is COC1(C)CCCN(c2ccc(N)c3ncccc23)C1. The highest BCUT2D eigenvalue weighted by Crippen LogP contribution is 2.34. The minimum atomic E-state index is -0.0752. The number of anilines is 2. The molecule has 1 unspecified atom stereocenters. The van der Waals surface area contributed by atoms with Crippen LogP contribution in [0.5, 0.6) is 0 Å². The first-order chi connectivity index (χ1) is 9.63. The number of fused-ring (bicyclic) bond motifs is 1. The minimum absolute atomic E-state index is 0.0752. The van der Waals surface area contributed by atoms with Crippen molar-refractivity contribution in [1.29, 1.82) is 0 Å². The number of pyridine rings is 1. The van der Waals surface area contributed by atoms with Crippen molar-refractivity contribution in [2.24, 2.45) is 0 Å². The summed E-state index contributed by atoms with van der Waals surface area (Å²) in [4.78, 5) is 6.80. The van der Waals surface area contributed by atoms with Gasteiger partial charge in [0.2, 0.25) is 0 Å². The standard InChI is InChI=1S/C16H21N3O/c1-16(20-2)8-4-10-19(11-16)14-7-6-13(17)15-12(14)5-3-9-18-15/h3,5-7,9H,4,8,10-11,17H2,1-2H3. The maximum Gasteiger partial charge on any atom is 0.0951 e. The Morgan fingerprint density at radius 1 is 1.35 bits per heavy atom. The predicted molar refractivity (Wildman–Crippen MR) is 83.0 cm³/mol. The minimum Gasteiger partial charge on any atom is -0.397 e. The van der Waals surface area contributed by atoms with E-state index in [2.05, 4.69) is 28.9 Å². The van der Waals surface area contributed by atoms with Gasteiger partial charge in [0.15, 0.2) is 0 Å². The van der Waals surface area contributed by atoms with Crippen LogP contribution < -0.4 is 10.6 Å². The van der Waals surface area contributed by atoms with Gasteiger partial charge < -0.3 is 15.4 Å². The first-order valence-corrected chi connectivity index (χ1v) is 7.06. The second-order valence-corrected chi connectivity index (χ2v) is 5.75. The van der Waals surface area contributed by atoms with Gasteiger partial charge in [0.1, 0.15) is 0 Å². The van der Waals surface area contributed by atoms with E-state index in [1.165, 1.54) is 5.69 Å². The molecule has 0 saturated carbocycles. The predicted octanol–water partition coefficient (Wildman–Crippen LogP) is 2.82. The molecule has 0 amide bonds. The number of ether oxygens (including phenoxy) is 1. The lowest BCUT2D eigenvalue weighted by molar-refractivity contribution is -0.00459. The van der Waals surface area contributed by atoms with Crippen LogP contribution in [0.3, 0.4) is 0 Å². The molecule has 2 aromatic rings. The number of nitrogen functional groups attached to an aromatic ring is 1. The van der Waals surface area contributed by atoms with E-state index in [1.54, 1.807) is 13.3 Å². The van der Waals surface area contributed by atoms with Gasteiger partial charge in [-0.25, -0.2) is 0 Å². The molecule has 1 fully saturated rings. The number of hydrogen-bond acceptors (Lipinski definition) is 4. The third-order valence-corrected chi connectivity index (χ3v) is 4.27. The zero-order valence-corrected chi connectivity index (χ0v) is 12.1. The van der Waals surface area contributed by atoms with E-state index in [0.29, 0.717) is 0 Å². The van der Waals surface area contributed by atoms with E-state index in [1.807, 2.05) is 12.1 Å². The molecule has 1 saturated heterocycles. The van der Waals surface area contributed by atoms with E-state index < -0.39 is 0 Å². The molecule has 0 radical (unpaired) electrons. The Balaban J connectivity index is 2.04. The number of nitrogens with two attached hydrogens (primary N) is 1. The Hall–Kier alpha value is -1.81. The van der Waals surface area contributed by atoms with Crippen molar-refractivity contribution in [1.82, 2.24) is 4.98 Å². The number of piperidine rings is 1. The topological polar surface area (TPSA) is 51.4 Å². The number of benzene rings is 1. The molecule has 2 N–H and O–H groups in total. The lowest BCUT2D eigenvalue weighted by Gasteiger charge is -2.41. The van der Waals surface area contributed by atoms with Crippen molar-refractivity contribution in [2.75, 3.05) is 30.8 Å². The summed E-state index contributed by atoms with van der Waals surface area (Å²) in [6, 6.07) is 8.10. The monoisotopic (exact) mass is 271 g/mol. The van der Waals surface area contributed by atoms with Crippen molar-refractivity contribution < 1.29 is 4.74 Å². The van der Waals surface area contributed by atoms with E-state index in [9.17, 15) is 0 Å². The molecule has 1 atom stereocenters. The quantitative estimate of drug-likeness (QED) is 0.853. The van der Waals surface area contributed by atoms with Crippen molar-refractivity contribution in [3.8, 4) is 0 Å². The molecule has 3 rings (SSSR count). The maximum absolute atomic E-state index is 6.03. The van der Waals surface area contributed by atoms with Gasteiger partial charge >= 0.3 is 0 Å². The van der Waals surface area contributed by atoms with Crippen molar-refractivity contribution in [3.63, 3.8) is 0 Å². The Kier molecular flexibility index (Phi) is 3.26. The van der Waals surface area contributed by atoms with E-state index in [4.69, 9.17) is 10.5 Å². The average Bonchev–Trinajstić information content (AvgIpc) is 2.48. The molecule has 106 valence electrons. The highest BCUT2D eigenvalue weighted by atomic mass is 16.5. The van der Waals surface area contributed by atoms with E-state index in [-0.39, 0.29) is 5.60 Å². The summed E-state index contributed by atoms with van der Waals surface area (Å²) in [5, 5.41) is 1.12. The summed E-state index contributed by atoms with van der Waals surface area (Å²) in [6.07, 6.45) is 4.03. The summed E-state index contributed by atoms with van der Waals surface area (Å²) in [7, 11) is 1.80. The molecule has 1 aliphatic heterocycles. The number of nitrogens with zero attached hydrogens (tertiary/aromatic N) is 2. The normalized spacial score (nSPS) is 23.2. The van der Waals surface area contributed by atoms with Crippen LogP contribution in [0.15, 0.2) is 30.5 Å². The molecular formula is C16H21N3O. The fourth-order valence-corrected chi connectivity index (χ4v) is 3.03. The molecule has 4 nitrogen and oxygen atoms in total. The summed E-state index contributed by atoms with van der Waals surface area (Å²) in [5.41, 5.74) is 8.77. The number of rotatable bonds is 2. The van der Waals surface area contributed by atoms with Gasteiger partial charge in [-0.1, -0.05) is 0 Å². The zero-order chi connectivity index (χ0) is 14.2. The summed E-state index contributed by atoms with van der Waals surface area (Å²) >= 11 is 0. The molecule has 2 heterocycles. The van der Waals surface area contributed by atoms with E-state index in [0.717, 1.165) is 42.5 Å². The molecule has 1 aromatic carbocycles. The van der Waals surface area contributed by atoms with Gasteiger partial charge in [-0.2, -0.15) is 0 Å². The van der Waals surface area contributed by atoms with Crippen LogP contribution >= 0.6 is 0 Å². The third-order valence-electron chi connectivity index (χ3n) is 4.27. The maximum atomic E-state index is 6.03. The number of methoxy groups -OCH3 is 1. The summed E-state index contributed by atoms with van der Waals surface area (Å²) < 4.78 is 5.68. The smallest absolute Gasteiger partial charge is 0.0951 e. The van der Waals surface area contributed by atoms with Crippen LogP contribution in [0.4, 0.5) is 11.4 Å². The first-order valence-electron chi connectivity index (χ1n) is 7.06. The second-order valence-electron chi connectivity index (χ2n) is 5.75. The van der Waals surface area contributed by atoms with Crippen molar-refractivity contribution >= 4 is 22.3 Å². The van der Waals surface area contributed by atoms with Crippen LogP contribution in [0.1, 0.15) is 19.8 Å². The van der Waals surface area contributed by atoms with Crippen LogP contribution in [-0.2, 0) is 4.74 Å². The summed E-state index contributed by atoms with van der Waals surface area (Å²) in [5.74, 6) is 0. The van der Waals surface area contributed by atoms with Gasteiger partial charge in [0.05, 0.1) is 16.8 Å². The van der Waals surface area contributed by atoms with Crippen LogP contribution in [0.25, 0.3) is 10.9 Å². The highest BCUT2D eigenvalue weighted by molar-refractivity contribution is 5.98. The van der Waals surface area contributed by atoms with Crippen LogP contribution in [-0.4, -0.2) is 30.8 Å². The number of hydrogen-bond donors (Lipinski definition) is 1. The molecule has 0 spiro atoms. The second kappa shape index (κ2) is 4.94. The molecule has 20 heavy (non-hydrogen) atoms. The highest BCUT2D eigenvalue weighted by Gasteiger charge is 2.31. The van der Waals surface area contributed by atoms with Gasteiger partial charge in [-0.15, -0.1) is 0 Å². The first kappa shape index (κ1) is 13.2. The Labute approximate surface area is 119 Å². The van der Waals surface area contributed by atoms with Crippen LogP contribution in [0.2, 0.25) is 0 Å². The fourth-order valence-electron chi connectivity index (χ4n) is 3.03. The molecule has 1 aliphatic rings. The van der Waals surface area contributed by atoms with Gasteiger partial charge in [-0.05, 0) is 44.0 Å².